The van der Waals surface area contributed by atoms with Gasteiger partial charge in [0.15, 0.2) is 0 Å². The normalized spacial score (nSPS) is 13.3. The first-order chi connectivity index (χ1) is 5.70. The maximum Gasteiger partial charge on any atom is 0.0638 e. The fraction of sp³-hybridized carbons (Fsp3) is 0.600. The second kappa shape index (κ2) is 3.76. The third kappa shape index (κ3) is 1.53. The zero-order valence-corrected chi connectivity index (χ0v) is 8.04. The second-order valence-electron chi connectivity index (χ2n) is 3.23. The molecule has 0 saturated carbocycles. The van der Waals surface area contributed by atoms with Crippen molar-refractivity contribution in [3.05, 3.63) is 23.5 Å². The first kappa shape index (κ1) is 9.33. The van der Waals surface area contributed by atoms with E-state index in [9.17, 15) is 0 Å². The van der Waals surface area contributed by atoms with E-state index >= 15 is 0 Å². The monoisotopic (exact) mass is 167 g/mol. The van der Waals surface area contributed by atoms with Crippen LogP contribution < -0.4 is 0 Å². The summed E-state index contributed by atoms with van der Waals surface area (Å²) in [6, 6.07) is 4.43. The van der Waals surface area contributed by atoms with E-state index in [-0.39, 0.29) is 12.6 Å². The maximum atomic E-state index is 9.13. The van der Waals surface area contributed by atoms with Crippen molar-refractivity contribution in [2.24, 2.45) is 0 Å². The van der Waals surface area contributed by atoms with Gasteiger partial charge in [-0.2, -0.15) is 0 Å². The summed E-state index contributed by atoms with van der Waals surface area (Å²) in [5.41, 5.74) is 2.46. The summed E-state index contributed by atoms with van der Waals surface area (Å²) in [5.74, 6) is 0. The van der Waals surface area contributed by atoms with Crippen molar-refractivity contribution in [1.29, 1.82) is 0 Å². The average molecular weight is 167 g/mol. The molecule has 0 saturated heterocycles. The molecular weight excluding hydrogens is 150 g/mol. The molecule has 1 aromatic rings. The Bertz CT molecular complexity index is 229. The fourth-order valence-corrected chi connectivity index (χ4v) is 1.65. The maximum absolute atomic E-state index is 9.13. The van der Waals surface area contributed by atoms with Crippen LogP contribution in [-0.2, 0) is 0 Å². The first-order valence-electron chi connectivity index (χ1n) is 4.46. The van der Waals surface area contributed by atoms with Gasteiger partial charge in [0.25, 0.3) is 0 Å². The molecule has 0 radical (unpaired) electrons. The molecule has 1 rings (SSSR count). The molecule has 2 nitrogen and oxygen atoms in total. The molecule has 0 bridgehead atoms. The van der Waals surface area contributed by atoms with Gasteiger partial charge in [-0.05, 0) is 32.4 Å². The molecule has 0 amide bonds. The zero-order valence-electron chi connectivity index (χ0n) is 8.04. The van der Waals surface area contributed by atoms with Crippen molar-refractivity contribution in [3.63, 3.8) is 0 Å². The molecule has 1 N–H and O–H groups in total. The van der Waals surface area contributed by atoms with Crippen LogP contribution in [0.25, 0.3) is 0 Å². The van der Waals surface area contributed by atoms with Crippen molar-refractivity contribution >= 4 is 0 Å². The third-order valence-corrected chi connectivity index (χ3v) is 2.37. The van der Waals surface area contributed by atoms with Crippen LogP contribution in [0.15, 0.2) is 12.1 Å². The Morgan fingerprint density at radius 2 is 1.83 bits per heavy atom. The van der Waals surface area contributed by atoms with Gasteiger partial charge in [-0.1, -0.05) is 6.92 Å². The summed E-state index contributed by atoms with van der Waals surface area (Å²) < 4.78 is 2.19. The Labute approximate surface area is 73.8 Å². The Kier molecular flexibility index (Phi) is 2.93. The van der Waals surface area contributed by atoms with Crippen molar-refractivity contribution < 1.29 is 5.11 Å². The smallest absolute Gasteiger partial charge is 0.0638 e. The SMILES string of the molecule is CCC(CO)n1c(C)ccc1C. The molecule has 1 unspecified atom stereocenters. The Hall–Kier alpha value is -0.760. The molecule has 1 aromatic heterocycles. The molecule has 0 aliphatic carbocycles. The quantitative estimate of drug-likeness (QED) is 0.732. The van der Waals surface area contributed by atoms with Crippen LogP contribution in [0, 0.1) is 13.8 Å². The number of rotatable bonds is 3. The number of aliphatic hydroxyl groups excluding tert-OH is 1. The van der Waals surface area contributed by atoms with Gasteiger partial charge in [0.05, 0.1) is 12.6 Å². The van der Waals surface area contributed by atoms with Gasteiger partial charge < -0.3 is 9.67 Å². The molecule has 68 valence electrons. The summed E-state index contributed by atoms with van der Waals surface area (Å²) in [4.78, 5) is 0. The van der Waals surface area contributed by atoms with Crippen LogP contribution >= 0.6 is 0 Å². The van der Waals surface area contributed by atoms with Gasteiger partial charge in [-0.15, -0.1) is 0 Å². The highest BCUT2D eigenvalue weighted by molar-refractivity contribution is 5.14. The largest absolute Gasteiger partial charge is 0.394 e. The van der Waals surface area contributed by atoms with Crippen LogP contribution in [0.1, 0.15) is 30.8 Å². The highest BCUT2D eigenvalue weighted by atomic mass is 16.3. The van der Waals surface area contributed by atoms with E-state index in [0.717, 1.165) is 6.42 Å². The minimum atomic E-state index is 0.229. The molecule has 0 spiro atoms. The lowest BCUT2D eigenvalue weighted by Crippen LogP contribution is -2.14. The van der Waals surface area contributed by atoms with Crippen LogP contribution in [0.2, 0.25) is 0 Å². The van der Waals surface area contributed by atoms with E-state index in [1.54, 1.807) is 0 Å². The molecule has 0 fully saturated rings. The van der Waals surface area contributed by atoms with E-state index in [0.29, 0.717) is 0 Å². The van der Waals surface area contributed by atoms with Gasteiger partial charge in [0.2, 0.25) is 0 Å². The third-order valence-electron chi connectivity index (χ3n) is 2.37. The lowest BCUT2D eigenvalue weighted by molar-refractivity contribution is 0.221. The summed E-state index contributed by atoms with van der Waals surface area (Å²) in [5, 5.41) is 9.13. The standard InChI is InChI=1S/C10H17NO/c1-4-10(7-12)11-8(2)5-6-9(11)3/h5-6,10,12H,4,7H2,1-3H3. The van der Waals surface area contributed by atoms with Crippen LogP contribution in [0.5, 0.6) is 0 Å². The van der Waals surface area contributed by atoms with E-state index in [1.165, 1.54) is 11.4 Å². The van der Waals surface area contributed by atoms with E-state index in [2.05, 4.69) is 37.5 Å². The lowest BCUT2D eigenvalue weighted by Gasteiger charge is -2.18. The Balaban J connectivity index is 2.98. The summed E-state index contributed by atoms with van der Waals surface area (Å²) in [6.07, 6.45) is 0.979. The molecule has 2 heteroatoms. The predicted molar refractivity (Wildman–Crippen MR) is 50.3 cm³/mol. The van der Waals surface area contributed by atoms with Gasteiger partial charge in [0.1, 0.15) is 0 Å². The molecular formula is C10H17NO. The van der Waals surface area contributed by atoms with Crippen molar-refractivity contribution in [3.8, 4) is 0 Å². The minimum absolute atomic E-state index is 0.229. The molecule has 0 aromatic carbocycles. The number of hydrogen-bond acceptors (Lipinski definition) is 1. The van der Waals surface area contributed by atoms with Gasteiger partial charge >= 0.3 is 0 Å². The van der Waals surface area contributed by atoms with E-state index < -0.39 is 0 Å². The van der Waals surface area contributed by atoms with E-state index in [1.807, 2.05) is 0 Å². The van der Waals surface area contributed by atoms with E-state index in [4.69, 9.17) is 5.11 Å². The van der Waals surface area contributed by atoms with Gasteiger partial charge in [-0.25, -0.2) is 0 Å². The van der Waals surface area contributed by atoms with Crippen molar-refractivity contribution in [2.75, 3.05) is 6.61 Å². The molecule has 0 aliphatic rings. The van der Waals surface area contributed by atoms with Crippen LogP contribution in [0.4, 0.5) is 0 Å². The summed E-state index contributed by atoms with van der Waals surface area (Å²) >= 11 is 0. The summed E-state index contributed by atoms with van der Waals surface area (Å²) in [6.45, 7) is 6.48. The van der Waals surface area contributed by atoms with Gasteiger partial charge in [0, 0.05) is 11.4 Å². The fourth-order valence-electron chi connectivity index (χ4n) is 1.65. The number of aliphatic hydroxyl groups is 1. The number of nitrogens with zero attached hydrogens (tertiary/aromatic N) is 1. The van der Waals surface area contributed by atoms with Crippen LogP contribution in [0.3, 0.4) is 0 Å². The molecule has 1 atom stereocenters. The first-order valence-corrected chi connectivity index (χ1v) is 4.46. The summed E-state index contributed by atoms with van der Waals surface area (Å²) in [7, 11) is 0. The zero-order chi connectivity index (χ0) is 9.14. The second-order valence-corrected chi connectivity index (χ2v) is 3.23. The number of aryl methyl sites for hydroxylation is 2. The topological polar surface area (TPSA) is 25.2 Å². The van der Waals surface area contributed by atoms with Crippen LogP contribution in [-0.4, -0.2) is 16.3 Å². The molecule has 0 aliphatic heterocycles. The minimum Gasteiger partial charge on any atom is -0.394 e. The molecule has 1 heterocycles. The lowest BCUT2D eigenvalue weighted by atomic mass is 10.2. The number of aromatic nitrogens is 1. The van der Waals surface area contributed by atoms with Crippen molar-refractivity contribution in [1.82, 2.24) is 4.57 Å². The van der Waals surface area contributed by atoms with Crippen molar-refractivity contribution in [2.45, 2.75) is 33.2 Å². The average Bonchev–Trinajstić information content (AvgIpc) is 2.38. The number of hydrogen-bond donors (Lipinski definition) is 1. The Morgan fingerprint density at radius 1 is 1.33 bits per heavy atom. The Morgan fingerprint density at radius 3 is 2.17 bits per heavy atom. The highest BCUT2D eigenvalue weighted by Gasteiger charge is 2.10. The van der Waals surface area contributed by atoms with Gasteiger partial charge in [-0.3, -0.25) is 0 Å². The highest BCUT2D eigenvalue weighted by Crippen LogP contribution is 2.17. The molecule has 12 heavy (non-hydrogen) atoms. The predicted octanol–water partition coefficient (Wildman–Crippen LogP) is 2.05.